The quantitative estimate of drug-likeness (QED) is 0.457. The van der Waals surface area contributed by atoms with Crippen LogP contribution in [0.1, 0.15) is 21.5 Å². The molecule has 0 amide bonds. The van der Waals surface area contributed by atoms with Gasteiger partial charge in [0.2, 0.25) is 0 Å². The fourth-order valence-electron chi connectivity index (χ4n) is 3.20. The van der Waals surface area contributed by atoms with Crippen molar-refractivity contribution in [3.63, 3.8) is 0 Å². The Morgan fingerprint density at radius 3 is 2.44 bits per heavy atom. The van der Waals surface area contributed by atoms with Crippen molar-refractivity contribution in [2.75, 3.05) is 33.4 Å². The third-order valence-electron chi connectivity index (χ3n) is 4.78. The summed E-state index contributed by atoms with van der Waals surface area (Å²) >= 11 is 0. The number of methoxy groups -OCH3 is 1. The van der Waals surface area contributed by atoms with Gasteiger partial charge in [0.15, 0.2) is 0 Å². The number of hydrogen-bond donors (Lipinski definition) is 0. The van der Waals surface area contributed by atoms with Gasteiger partial charge in [-0.1, -0.05) is 24.3 Å². The highest BCUT2D eigenvalue weighted by Gasteiger charge is 2.21. The van der Waals surface area contributed by atoms with Crippen LogP contribution in [0.4, 0.5) is 5.69 Å². The molecule has 0 bridgehead atoms. The van der Waals surface area contributed by atoms with Gasteiger partial charge in [0.05, 0.1) is 30.8 Å². The first-order chi connectivity index (χ1) is 13.0. The first kappa shape index (κ1) is 19.0. The number of ether oxygens (including phenoxy) is 2. The largest absolute Gasteiger partial charge is 0.465 e. The average Bonchev–Trinajstić information content (AvgIpc) is 2.69. The van der Waals surface area contributed by atoms with Gasteiger partial charge in [0, 0.05) is 31.3 Å². The van der Waals surface area contributed by atoms with Crippen LogP contribution in [0.3, 0.4) is 0 Å². The molecular weight excluding hydrogens is 348 g/mol. The van der Waals surface area contributed by atoms with Crippen LogP contribution in [0.15, 0.2) is 36.4 Å². The summed E-state index contributed by atoms with van der Waals surface area (Å²) in [5.41, 5.74) is 3.01. The maximum absolute atomic E-state index is 12.0. The number of benzene rings is 2. The number of hydrogen-bond acceptors (Lipinski definition) is 6. The van der Waals surface area contributed by atoms with Crippen molar-refractivity contribution in [3.05, 3.63) is 63.2 Å². The molecule has 27 heavy (non-hydrogen) atoms. The van der Waals surface area contributed by atoms with Crippen molar-refractivity contribution in [2.45, 2.75) is 13.5 Å². The second kappa shape index (κ2) is 8.28. The third kappa shape index (κ3) is 4.32. The summed E-state index contributed by atoms with van der Waals surface area (Å²) in [7, 11) is 1.26. The molecule has 0 atom stereocenters. The molecule has 0 N–H and O–H groups in total. The molecule has 2 aromatic rings. The van der Waals surface area contributed by atoms with E-state index in [-0.39, 0.29) is 11.3 Å². The number of morpholine rings is 1. The van der Waals surface area contributed by atoms with Crippen LogP contribution in [0.2, 0.25) is 0 Å². The maximum Gasteiger partial charge on any atom is 0.338 e. The van der Waals surface area contributed by atoms with Crippen molar-refractivity contribution in [1.82, 2.24) is 4.90 Å². The van der Waals surface area contributed by atoms with Gasteiger partial charge >= 0.3 is 5.97 Å². The van der Waals surface area contributed by atoms with E-state index in [1.807, 2.05) is 24.3 Å². The van der Waals surface area contributed by atoms with Crippen LogP contribution < -0.4 is 0 Å². The Bertz CT molecular complexity index is 842. The van der Waals surface area contributed by atoms with E-state index in [9.17, 15) is 14.9 Å². The fraction of sp³-hybridized carbons (Fsp3) is 0.350. The molecule has 2 aromatic carbocycles. The molecule has 1 heterocycles. The van der Waals surface area contributed by atoms with E-state index in [1.165, 1.54) is 13.2 Å². The molecular formula is C20H22N2O5. The molecule has 1 aliphatic heterocycles. The topological polar surface area (TPSA) is 81.9 Å². The first-order valence-corrected chi connectivity index (χ1v) is 8.76. The summed E-state index contributed by atoms with van der Waals surface area (Å²) < 4.78 is 10.1. The summed E-state index contributed by atoms with van der Waals surface area (Å²) in [5.74, 6) is -0.582. The molecule has 1 fully saturated rings. The second-order valence-corrected chi connectivity index (χ2v) is 6.50. The van der Waals surface area contributed by atoms with Gasteiger partial charge in [-0.2, -0.15) is 0 Å². The van der Waals surface area contributed by atoms with E-state index in [2.05, 4.69) is 4.90 Å². The van der Waals surface area contributed by atoms with Crippen LogP contribution >= 0.6 is 0 Å². The number of carbonyl (C=O) groups is 1. The minimum atomic E-state index is -0.582. The fourth-order valence-corrected chi connectivity index (χ4v) is 3.20. The minimum absolute atomic E-state index is 0.0923. The molecule has 0 saturated carbocycles. The number of rotatable bonds is 5. The number of carbonyl (C=O) groups excluding carboxylic acids is 1. The zero-order valence-corrected chi connectivity index (χ0v) is 15.4. The highest BCUT2D eigenvalue weighted by molar-refractivity contribution is 5.94. The molecule has 7 nitrogen and oxygen atoms in total. The SMILES string of the molecule is COC(=O)c1cc(-c2ccc(CN3CCOCC3)cc2)cc([N+](=O)[O-])c1C. The molecule has 1 aliphatic rings. The van der Waals surface area contributed by atoms with Crippen LogP contribution in [0.5, 0.6) is 0 Å². The zero-order chi connectivity index (χ0) is 19.4. The summed E-state index contributed by atoms with van der Waals surface area (Å²) in [4.78, 5) is 25.2. The Hall–Kier alpha value is -2.77. The molecule has 0 aliphatic carbocycles. The monoisotopic (exact) mass is 370 g/mol. The van der Waals surface area contributed by atoms with Gasteiger partial charge in [-0.15, -0.1) is 0 Å². The smallest absolute Gasteiger partial charge is 0.338 e. The van der Waals surface area contributed by atoms with E-state index < -0.39 is 10.9 Å². The number of nitro groups is 1. The van der Waals surface area contributed by atoms with Crippen LogP contribution in [0.25, 0.3) is 11.1 Å². The lowest BCUT2D eigenvalue weighted by Crippen LogP contribution is -2.35. The van der Waals surface area contributed by atoms with Crippen molar-refractivity contribution in [3.8, 4) is 11.1 Å². The van der Waals surface area contributed by atoms with Gasteiger partial charge < -0.3 is 9.47 Å². The Balaban J connectivity index is 1.89. The summed E-state index contributed by atoms with van der Waals surface area (Å²) in [5, 5.41) is 11.4. The Labute approximate surface area is 157 Å². The maximum atomic E-state index is 12.0. The minimum Gasteiger partial charge on any atom is -0.465 e. The lowest BCUT2D eigenvalue weighted by Gasteiger charge is -2.26. The third-order valence-corrected chi connectivity index (χ3v) is 4.78. The Kier molecular flexibility index (Phi) is 5.83. The normalized spacial score (nSPS) is 14.7. The van der Waals surface area contributed by atoms with Crippen molar-refractivity contribution in [1.29, 1.82) is 0 Å². The predicted molar refractivity (Wildman–Crippen MR) is 101 cm³/mol. The summed E-state index contributed by atoms with van der Waals surface area (Å²) in [6.45, 7) is 5.72. The second-order valence-electron chi connectivity index (χ2n) is 6.50. The molecule has 0 aromatic heterocycles. The Morgan fingerprint density at radius 1 is 1.19 bits per heavy atom. The molecule has 142 valence electrons. The van der Waals surface area contributed by atoms with Gasteiger partial charge in [-0.25, -0.2) is 4.79 Å². The number of esters is 1. The van der Waals surface area contributed by atoms with Gasteiger partial charge in [-0.3, -0.25) is 15.0 Å². The molecule has 7 heteroatoms. The summed E-state index contributed by atoms with van der Waals surface area (Å²) in [6.07, 6.45) is 0. The zero-order valence-electron chi connectivity index (χ0n) is 15.4. The van der Waals surface area contributed by atoms with Gasteiger partial charge in [0.25, 0.3) is 5.69 Å². The lowest BCUT2D eigenvalue weighted by atomic mass is 9.97. The van der Waals surface area contributed by atoms with Gasteiger partial charge in [0.1, 0.15) is 0 Å². The van der Waals surface area contributed by atoms with Crippen molar-refractivity contribution < 1.29 is 19.2 Å². The van der Waals surface area contributed by atoms with E-state index in [1.54, 1.807) is 13.0 Å². The van der Waals surface area contributed by atoms with E-state index in [4.69, 9.17) is 9.47 Å². The van der Waals surface area contributed by atoms with Crippen molar-refractivity contribution in [2.24, 2.45) is 0 Å². The van der Waals surface area contributed by atoms with Crippen LogP contribution in [0, 0.1) is 17.0 Å². The molecule has 1 saturated heterocycles. The van der Waals surface area contributed by atoms with Crippen molar-refractivity contribution >= 4 is 11.7 Å². The molecule has 0 radical (unpaired) electrons. The molecule has 0 spiro atoms. The van der Waals surface area contributed by atoms with E-state index in [0.717, 1.165) is 44.0 Å². The molecule has 0 unspecified atom stereocenters. The summed E-state index contributed by atoms with van der Waals surface area (Å²) in [6, 6.07) is 11.0. The lowest BCUT2D eigenvalue weighted by molar-refractivity contribution is -0.385. The van der Waals surface area contributed by atoms with E-state index >= 15 is 0 Å². The highest BCUT2D eigenvalue weighted by atomic mass is 16.6. The number of nitrogens with zero attached hydrogens (tertiary/aromatic N) is 2. The van der Waals surface area contributed by atoms with Crippen LogP contribution in [-0.2, 0) is 16.0 Å². The van der Waals surface area contributed by atoms with Crippen LogP contribution in [-0.4, -0.2) is 49.2 Å². The Morgan fingerprint density at radius 2 is 1.85 bits per heavy atom. The molecule has 3 rings (SSSR count). The standard InChI is InChI=1S/C20H22N2O5/c1-14-18(20(23)26-2)11-17(12-19(14)22(24)25)16-5-3-15(4-6-16)13-21-7-9-27-10-8-21/h3-6,11-12H,7-10,13H2,1-2H3. The highest BCUT2D eigenvalue weighted by Crippen LogP contribution is 2.30. The van der Waals surface area contributed by atoms with E-state index in [0.29, 0.717) is 11.1 Å². The van der Waals surface area contributed by atoms with Gasteiger partial charge in [-0.05, 0) is 29.7 Å². The first-order valence-electron chi connectivity index (χ1n) is 8.76. The predicted octanol–water partition coefficient (Wildman–Crippen LogP) is 3.19. The number of nitro benzene ring substituents is 1. The average molecular weight is 370 g/mol.